The molecule has 82 valence electrons. The van der Waals surface area contributed by atoms with Crippen molar-refractivity contribution in [1.82, 2.24) is 0 Å². The van der Waals surface area contributed by atoms with Crippen LogP contribution in [0.3, 0.4) is 0 Å². The third kappa shape index (κ3) is 1.70. The van der Waals surface area contributed by atoms with Crippen LogP contribution in [-0.2, 0) is 19.7 Å². The van der Waals surface area contributed by atoms with E-state index in [1.54, 1.807) is 0 Å². The molecule has 15 heavy (non-hydrogen) atoms. The summed E-state index contributed by atoms with van der Waals surface area (Å²) in [6, 6.07) is 0. The molecule has 0 fully saturated rings. The molecule has 0 aliphatic heterocycles. The van der Waals surface area contributed by atoms with Gasteiger partial charge in [0, 0.05) is 0 Å². The van der Waals surface area contributed by atoms with E-state index in [-0.39, 0.29) is 0 Å². The molecule has 1 aliphatic rings. The summed E-state index contributed by atoms with van der Waals surface area (Å²) in [7, 11) is -5.42. The number of hydrogen-bond donors (Lipinski definition) is 1. The molecular formula is C6HF3O5S. The Kier molecular flexibility index (Phi) is 2.53. The lowest BCUT2D eigenvalue weighted by Gasteiger charge is -2.08. The van der Waals surface area contributed by atoms with Crippen LogP contribution < -0.4 is 0 Å². The van der Waals surface area contributed by atoms with Crippen molar-refractivity contribution < 1.29 is 35.7 Å². The van der Waals surface area contributed by atoms with Crippen LogP contribution in [0.25, 0.3) is 0 Å². The van der Waals surface area contributed by atoms with E-state index in [9.17, 15) is 31.2 Å². The van der Waals surface area contributed by atoms with Crippen molar-refractivity contribution in [2.45, 2.75) is 0 Å². The molecule has 1 aliphatic carbocycles. The van der Waals surface area contributed by atoms with Gasteiger partial charge in [-0.3, -0.25) is 14.1 Å². The molecule has 0 amide bonds. The van der Waals surface area contributed by atoms with Gasteiger partial charge in [-0.15, -0.1) is 0 Å². The number of carbonyl (C=O) groups excluding carboxylic acids is 2. The minimum Gasteiger partial charge on any atom is -0.285 e. The van der Waals surface area contributed by atoms with Crippen LogP contribution in [0.4, 0.5) is 13.2 Å². The summed E-state index contributed by atoms with van der Waals surface area (Å²) < 4.78 is 66.7. The van der Waals surface area contributed by atoms with E-state index >= 15 is 0 Å². The van der Waals surface area contributed by atoms with Crippen molar-refractivity contribution in [3.05, 3.63) is 22.4 Å². The number of ketones is 2. The Balaban J connectivity index is 3.57. The second-order valence-electron chi connectivity index (χ2n) is 2.40. The largest absolute Gasteiger partial charge is 0.301 e. The molecule has 9 heteroatoms. The van der Waals surface area contributed by atoms with Gasteiger partial charge < -0.3 is 0 Å². The summed E-state index contributed by atoms with van der Waals surface area (Å²) in [5, 5.41) is 0. The summed E-state index contributed by atoms with van der Waals surface area (Å²) in [5.74, 6) is -11.5. The van der Waals surface area contributed by atoms with Gasteiger partial charge in [-0.25, -0.2) is 4.39 Å². The summed E-state index contributed by atoms with van der Waals surface area (Å²) in [6.45, 7) is 0. The molecule has 0 aromatic carbocycles. The summed E-state index contributed by atoms with van der Waals surface area (Å²) >= 11 is 0. The highest BCUT2D eigenvalue weighted by molar-refractivity contribution is 7.91. The number of carbonyl (C=O) groups is 2. The number of allylic oxidation sites excluding steroid dienone is 4. The highest BCUT2D eigenvalue weighted by Crippen LogP contribution is 2.29. The van der Waals surface area contributed by atoms with E-state index in [1.807, 2.05) is 0 Å². The fraction of sp³-hybridized carbons (Fsp3) is 0. The Morgan fingerprint density at radius 3 is 1.67 bits per heavy atom. The Morgan fingerprint density at radius 2 is 1.27 bits per heavy atom. The maximum Gasteiger partial charge on any atom is 0.301 e. The van der Waals surface area contributed by atoms with Crippen molar-refractivity contribution in [2.24, 2.45) is 0 Å². The molecule has 0 saturated carbocycles. The van der Waals surface area contributed by atoms with Crippen LogP contribution in [0.15, 0.2) is 22.4 Å². The van der Waals surface area contributed by atoms with Gasteiger partial charge in [-0.05, 0) is 0 Å². The van der Waals surface area contributed by atoms with Crippen LogP contribution >= 0.6 is 0 Å². The summed E-state index contributed by atoms with van der Waals surface area (Å²) in [5.41, 5.74) is 0. The third-order valence-electron chi connectivity index (χ3n) is 1.45. The first kappa shape index (κ1) is 11.6. The van der Waals surface area contributed by atoms with Crippen molar-refractivity contribution in [2.75, 3.05) is 0 Å². The van der Waals surface area contributed by atoms with E-state index in [4.69, 9.17) is 4.55 Å². The van der Waals surface area contributed by atoms with Gasteiger partial charge in [0.2, 0.25) is 17.4 Å². The maximum atomic E-state index is 12.7. The molecule has 0 saturated heterocycles. The van der Waals surface area contributed by atoms with Gasteiger partial charge in [-0.2, -0.15) is 17.2 Å². The molecule has 0 unspecified atom stereocenters. The SMILES string of the molecule is O=C1C(F)=C(F)C(=O)C(S(=O)(=O)O)=C1F. The Morgan fingerprint density at radius 1 is 0.867 bits per heavy atom. The monoisotopic (exact) mass is 242 g/mol. The number of halogens is 3. The molecule has 0 bridgehead atoms. The Labute approximate surface area is 80.6 Å². The van der Waals surface area contributed by atoms with Gasteiger partial charge in [-0.1, -0.05) is 0 Å². The van der Waals surface area contributed by atoms with E-state index < -0.39 is 44.1 Å². The van der Waals surface area contributed by atoms with E-state index in [1.165, 1.54) is 0 Å². The molecule has 5 nitrogen and oxygen atoms in total. The van der Waals surface area contributed by atoms with Gasteiger partial charge in [0.25, 0.3) is 5.78 Å². The molecule has 1 rings (SSSR count). The van der Waals surface area contributed by atoms with E-state index in [0.717, 1.165) is 0 Å². The Hall–Kier alpha value is -1.48. The van der Waals surface area contributed by atoms with E-state index in [2.05, 4.69) is 0 Å². The molecule has 0 spiro atoms. The van der Waals surface area contributed by atoms with Gasteiger partial charge in [0.1, 0.15) is 0 Å². The normalized spacial score (nSPS) is 18.9. The number of Topliss-reactive ketones (excluding diaryl/α,β-unsaturated/α-hetero) is 2. The van der Waals surface area contributed by atoms with Gasteiger partial charge in [0.05, 0.1) is 0 Å². The molecule has 0 aromatic heterocycles. The lowest BCUT2D eigenvalue weighted by Crippen LogP contribution is -2.24. The van der Waals surface area contributed by atoms with Crippen LogP contribution in [0, 0.1) is 0 Å². The minimum absolute atomic E-state index is 2.09. The zero-order chi connectivity index (χ0) is 12.0. The van der Waals surface area contributed by atoms with Crippen LogP contribution in [0.1, 0.15) is 0 Å². The standard InChI is InChI=1S/C6HF3O5S/c7-1-2(8)5(11)6(15(12,13)14)3(9)4(1)10/h(H,12,13,14). The predicted molar refractivity (Wildman–Crippen MR) is 38.9 cm³/mol. The highest BCUT2D eigenvalue weighted by Gasteiger charge is 2.42. The first-order chi connectivity index (χ1) is 6.68. The smallest absolute Gasteiger partial charge is 0.285 e. The van der Waals surface area contributed by atoms with Crippen LogP contribution in [0.5, 0.6) is 0 Å². The lowest BCUT2D eigenvalue weighted by molar-refractivity contribution is -0.119. The topological polar surface area (TPSA) is 88.5 Å². The molecule has 1 N–H and O–H groups in total. The summed E-state index contributed by atoms with van der Waals surface area (Å²) in [4.78, 5) is 19.1. The number of rotatable bonds is 1. The zero-order valence-electron chi connectivity index (χ0n) is 6.62. The first-order valence-electron chi connectivity index (χ1n) is 3.20. The summed E-state index contributed by atoms with van der Waals surface area (Å²) in [6.07, 6.45) is 0. The molecule has 0 heterocycles. The predicted octanol–water partition coefficient (Wildman–Crippen LogP) is 0.358. The minimum atomic E-state index is -5.42. The van der Waals surface area contributed by atoms with Crippen molar-refractivity contribution in [1.29, 1.82) is 0 Å². The zero-order valence-corrected chi connectivity index (χ0v) is 7.44. The van der Waals surface area contributed by atoms with Crippen LogP contribution in [0.2, 0.25) is 0 Å². The third-order valence-corrected chi connectivity index (χ3v) is 2.33. The van der Waals surface area contributed by atoms with E-state index in [0.29, 0.717) is 0 Å². The Bertz CT molecular complexity index is 527. The highest BCUT2D eigenvalue weighted by atomic mass is 32.2. The second kappa shape index (κ2) is 3.28. The van der Waals surface area contributed by atoms with Crippen molar-refractivity contribution in [3.8, 4) is 0 Å². The second-order valence-corrected chi connectivity index (χ2v) is 3.76. The fourth-order valence-electron chi connectivity index (χ4n) is 0.829. The maximum absolute atomic E-state index is 12.7. The van der Waals surface area contributed by atoms with Gasteiger partial charge in [0.15, 0.2) is 10.7 Å². The quantitative estimate of drug-likeness (QED) is 0.529. The first-order valence-corrected chi connectivity index (χ1v) is 4.64. The average molecular weight is 242 g/mol. The average Bonchev–Trinajstić information content (AvgIpc) is 2.09. The van der Waals surface area contributed by atoms with Crippen LogP contribution in [-0.4, -0.2) is 24.5 Å². The molecule has 0 atom stereocenters. The lowest BCUT2D eigenvalue weighted by atomic mass is 10.1. The van der Waals surface area contributed by atoms with Crippen molar-refractivity contribution in [3.63, 3.8) is 0 Å². The van der Waals surface area contributed by atoms with Crippen molar-refractivity contribution >= 4 is 21.7 Å². The molecular weight excluding hydrogens is 241 g/mol. The van der Waals surface area contributed by atoms with Gasteiger partial charge >= 0.3 is 10.1 Å². The number of hydrogen-bond acceptors (Lipinski definition) is 4. The molecule has 0 radical (unpaired) electrons. The fourth-order valence-corrected chi connectivity index (χ4v) is 1.47. The molecule has 0 aromatic rings.